The van der Waals surface area contributed by atoms with Gasteiger partial charge < -0.3 is 10.2 Å². The Morgan fingerprint density at radius 1 is 1.47 bits per heavy atom. The van der Waals surface area contributed by atoms with Crippen LogP contribution in [0.25, 0.3) is 0 Å². The highest BCUT2D eigenvalue weighted by atomic mass is 35.7. The molecule has 17 heavy (non-hydrogen) atoms. The van der Waals surface area contributed by atoms with E-state index in [4.69, 9.17) is 10.7 Å². The molecule has 0 aliphatic carbocycles. The molecular weight excluding hydrogens is 264 g/mol. The number of hydrogen-bond donors (Lipinski definition) is 1. The normalized spacial score (nSPS) is 15.4. The number of halogens is 1. The van der Waals surface area contributed by atoms with Gasteiger partial charge in [0, 0.05) is 17.7 Å². The Morgan fingerprint density at radius 2 is 2.18 bits per heavy atom. The quantitative estimate of drug-likeness (QED) is 0.822. The number of carbonyl (C=O) groups excluding carboxylic acids is 1. The van der Waals surface area contributed by atoms with Crippen molar-refractivity contribution in [2.24, 2.45) is 0 Å². The first-order valence-corrected chi connectivity index (χ1v) is 7.39. The fourth-order valence-corrected chi connectivity index (χ4v) is 2.73. The van der Waals surface area contributed by atoms with Crippen LogP contribution in [0, 0.1) is 0 Å². The lowest BCUT2D eigenvalue weighted by atomic mass is 10.1. The zero-order valence-electron chi connectivity index (χ0n) is 9.10. The molecule has 0 radical (unpaired) electrons. The maximum Gasteiger partial charge on any atom is 0.243 e. The van der Waals surface area contributed by atoms with Crippen LogP contribution in [-0.2, 0) is 19.6 Å². The fourth-order valence-electron chi connectivity index (χ4n) is 1.78. The topological polar surface area (TPSA) is 66.5 Å². The Hall–Kier alpha value is -1.27. The number of fused-ring (bicyclic) bond motifs is 1. The number of rotatable bonds is 2. The maximum atomic E-state index is 11.3. The number of hydrogen-bond acceptors (Lipinski definition) is 4. The molecule has 7 heteroatoms. The Morgan fingerprint density at radius 3 is 2.82 bits per heavy atom. The first-order chi connectivity index (χ1) is 7.85. The second-order valence-corrected chi connectivity index (χ2v) is 6.72. The molecule has 1 heterocycles. The van der Waals surface area contributed by atoms with Crippen LogP contribution in [0.3, 0.4) is 0 Å². The average Bonchev–Trinajstić information content (AvgIpc) is 2.16. The molecule has 1 aliphatic rings. The van der Waals surface area contributed by atoms with Gasteiger partial charge in [-0.15, -0.1) is 0 Å². The van der Waals surface area contributed by atoms with Gasteiger partial charge in [0.05, 0.1) is 23.7 Å². The summed E-state index contributed by atoms with van der Waals surface area (Å²) < 4.78 is 22.0. The molecule has 1 amide bonds. The number of nitrogens with one attached hydrogen (secondary N) is 1. The van der Waals surface area contributed by atoms with E-state index in [1.54, 1.807) is 30.1 Å². The third kappa shape index (κ3) is 2.89. The summed E-state index contributed by atoms with van der Waals surface area (Å²) in [6.45, 7) is 0.254. The molecule has 0 aromatic heterocycles. The first kappa shape index (κ1) is 12.2. The number of likely N-dealkylation sites (N-methyl/N-ethyl adjacent to an activating group) is 1. The van der Waals surface area contributed by atoms with Gasteiger partial charge in [-0.1, -0.05) is 6.07 Å². The molecule has 0 bridgehead atoms. The van der Waals surface area contributed by atoms with Gasteiger partial charge in [0.1, 0.15) is 0 Å². The van der Waals surface area contributed by atoms with E-state index in [9.17, 15) is 13.2 Å². The highest BCUT2D eigenvalue weighted by Gasteiger charge is 2.19. The van der Waals surface area contributed by atoms with E-state index in [2.05, 4.69) is 5.32 Å². The second kappa shape index (κ2) is 4.19. The molecule has 0 saturated heterocycles. The largest absolute Gasteiger partial charge is 0.364 e. The predicted molar refractivity (Wildman–Crippen MR) is 66.8 cm³/mol. The molecule has 0 unspecified atom stereocenters. The van der Waals surface area contributed by atoms with Crippen molar-refractivity contribution in [3.8, 4) is 0 Å². The molecular formula is C10H11ClN2O3S. The van der Waals surface area contributed by atoms with Crippen molar-refractivity contribution in [3.05, 3.63) is 23.8 Å². The van der Waals surface area contributed by atoms with E-state index < -0.39 is 9.05 Å². The third-order valence-corrected chi connectivity index (χ3v) is 3.47. The van der Waals surface area contributed by atoms with Crippen LogP contribution in [0.1, 0.15) is 5.56 Å². The number of amides is 1. The lowest BCUT2D eigenvalue weighted by molar-refractivity contribution is -0.115. The van der Waals surface area contributed by atoms with Crippen LogP contribution in [-0.4, -0.2) is 27.9 Å². The molecule has 1 aromatic rings. The van der Waals surface area contributed by atoms with Crippen LogP contribution in [0.5, 0.6) is 0 Å². The minimum atomic E-state index is -3.57. The SMILES string of the molecule is CN1CC(=O)Nc2ccc(CS(=O)(=O)Cl)cc21. The molecule has 1 aromatic carbocycles. The Balaban J connectivity index is 2.37. The van der Waals surface area contributed by atoms with Gasteiger partial charge in [-0.3, -0.25) is 4.79 Å². The number of nitrogens with zero attached hydrogens (tertiary/aromatic N) is 1. The summed E-state index contributed by atoms with van der Waals surface area (Å²) in [5.41, 5.74) is 2.07. The van der Waals surface area contributed by atoms with E-state index in [0.717, 1.165) is 5.69 Å². The minimum absolute atomic E-state index is 0.0854. The van der Waals surface area contributed by atoms with Crippen LogP contribution < -0.4 is 10.2 Å². The summed E-state index contributed by atoms with van der Waals surface area (Å²) in [4.78, 5) is 13.0. The van der Waals surface area contributed by atoms with E-state index in [-0.39, 0.29) is 18.2 Å². The van der Waals surface area contributed by atoms with Crippen molar-refractivity contribution in [2.75, 3.05) is 23.8 Å². The number of carbonyl (C=O) groups is 1. The van der Waals surface area contributed by atoms with Gasteiger partial charge in [-0.2, -0.15) is 0 Å². The molecule has 2 rings (SSSR count). The summed E-state index contributed by atoms with van der Waals surface area (Å²) in [6.07, 6.45) is 0. The van der Waals surface area contributed by atoms with Gasteiger partial charge in [0.15, 0.2) is 0 Å². The highest BCUT2D eigenvalue weighted by molar-refractivity contribution is 8.13. The molecule has 5 nitrogen and oxygen atoms in total. The molecule has 1 N–H and O–H groups in total. The van der Waals surface area contributed by atoms with E-state index >= 15 is 0 Å². The molecule has 92 valence electrons. The van der Waals surface area contributed by atoms with Gasteiger partial charge in [-0.25, -0.2) is 8.42 Å². The van der Waals surface area contributed by atoms with E-state index in [1.807, 2.05) is 0 Å². The maximum absolute atomic E-state index is 11.3. The fraction of sp³-hybridized carbons (Fsp3) is 0.300. The molecule has 0 saturated carbocycles. The molecule has 0 fully saturated rings. The Bertz CT molecular complexity index is 571. The van der Waals surface area contributed by atoms with Crippen molar-refractivity contribution in [2.45, 2.75) is 5.75 Å². The van der Waals surface area contributed by atoms with Gasteiger partial charge in [-0.05, 0) is 17.7 Å². The van der Waals surface area contributed by atoms with Crippen molar-refractivity contribution >= 4 is 37.0 Å². The summed E-state index contributed by atoms with van der Waals surface area (Å²) in [5.74, 6) is -0.304. The standard InChI is InChI=1S/C10H11ClN2O3S/c1-13-5-10(14)12-8-3-2-7(4-9(8)13)6-17(11,15)16/h2-4H,5-6H2,1H3,(H,12,14). The summed E-state index contributed by atoms with van der Waals surface area (Å²) in [5, 5.41) is 2.72. The van der Waals surface area contributed by atoms with Crippen LogP contribution >= 0.6 is 10.7 Å². The van der Waals surface area contributed by atoms with Crippen LogP contribution in [0.2, 0.25) is 0 Å². The van der Waals surface area contributed by atoms with E-state index in [0.29, 0.717) is 11.3 Å². The van der Waals surface area contributed by atoms with Gasteiger partial charge in [0.2, 0.25) is 15.0 Å². The van der Waals surface area contributed by atoms with Crippen molar-refractivity contribution in [3.63, 3.8) is 0 Å². The zero-order chi connectivity index (χ0) is 12.6. The summed E-state index contributed by atoms with van der Waals surface area (Å²) in [6, 6.07) is 5.03. The lowest BCUT2D eigenvalue weighted by Crippen LogP contribution is -2.35. The predicted octanol–water partition coefficient (Wildman–Crippen LogP) is 1.14. The third-order valence-electron chi connectivity index (χ3n) is 2.47. The smallest absolute Gasteiger partial charge is 0.243 e. The monoisotopic (exact) mass is 274 g/mol. The zero-order valence-corrected chi connectivity index (χ0v) is 10.7. The number of benzene rings is 1. The van der Waals surface area contributed by atoms with Gasteiger partial charge >= 0.3 is 0 Å². The lowest BCUT2D eigenvalue weighted by Gasteiger charge is -2.27. The first-order valence-electron chi connectivity index (χ1n) is 4.91. The van der Waals surface area contributed by atoms with E-state index in [1.165, 1.54) is 0 Å². The Labute approximate surface area is 104 Å². The van der Waals surface area contributed by atoms with Crippen LogP contribution in [0.4, 0.5) is 11.4 Å². The second-order valence-electron chi connectivity index (χ2n) is 3.94. The Kier molecular flexibility index (Phi) is 3.01. The van der Waals surface area contributed by atoms with Crippen LogP contribution in [0.15, 0.2) is 18.2 Å². The number of anilines is 2. The molecule has 0 atom stereocenters. The molecule has 1 aliphatic heterocycles. The van der Waals surface area contributed by atoms with Crippen molar-refractivity contribution < 1.29 is 13.2 Å². The highest BCUT2D eigenvalue weighted by Crippen LogP contribution is 2.30. The minimum Gasteiger partial charge on any atom is -0.364 e. The molecule has 0 spiro atoms. The van der Waals surface area contributed by atoms with Gasteiger partial charge in [0.25, 0.3) is 0 Å². The summed E-state index contributed by atoms with van der Waals surface area (Å²) >= 11 is 0. The summed E-state index contributed by atoms with van der Waals surface area (Å²) in [7, 11) is 3.41. The van der Waals surface area contributed by atoms with Crippen molar-refractivity contribution in [1.29, 1.82) is 0 Å². The van der Waals surface area contributed by atoms with Crippen molar-refractivity contribution in [1.82, 2.24) is 0 Å². The average molecular weight is 275 g/mol.